The third-order valence-electron chi connectivity index (χ3n) is 3.30. The number of hydrogen-bond donors (Lipinski definition) is 3. The summed E-state index contributed by atoms with van der Waals surface area (Å²) in [7, 11) is 0. The van der Waals surface area contributed by atoms with E-state index in [9.17, 15) is 14.4 Å². The van der Waals surface area contributed by atoms with Crippen LogP contribution in [0.1, 0.15) is 20.3 Å². The number of benzene rings is 1. The van der Waals surface area contributed by atoms with Crippen LogP contribution in [0, 0.1) is 0 Å². The molecule has 126 valence electrons. The summed E-state index contributed by atoms with van der Waals surface area (Å²) in [6.07, 6.45) is 0.708. The van der Waals surface area contributed by atoms with Crippen molar-refractivity contribution in [2.45, 2.75) is 26.3 Å². The highest BCUT2D eigenvalue weighted by atomic mass is 16.2. The van der Waals surface area contributed by atoms with Crippen molar-refractivity contribution >= 4 is 23.4 Å². The number of carbonyl (C=O) groups is 3. The lowest BCUT2D eigenvalue weighted by Gasteiger charge is -2.28. The fourth-order valence-electron chi connectivity index (χ4n) is 2.03. The van der Waals surface area contributed by atoms with Crippen LogP contribution in [0.25, 0.3) is 0 Å². The zero-order valence-corrected chi connectivity index (χ0v) is 13.5. The predicted molar refractivity (Wildman–Crippen MR) is 88.6 cm³/mol. The SMILES string of the molecule is CCCN(C(=O)CNC(=O)CN)C(C)C(=O)Nc1ccccc1. The minimum Gasteiger partial charge on any atom is -0.346 e. The third-order valence-corrected chi connectivity index (χ3v) is 3.30. The lowest BCUT2D eigenvalue weighted by atomic mass is 10.2. The maximum Gasteiger partial charge on any atom is 0.246 e. The Balaban J connectivity index is 2.68. The maximum atomic E-state index is 12.3. The van der Waals surface area contributed by atoms with Gasteiger partial charge in [-0.3, -0.25) is 14.4 Å². The number of rotatable bonds is 8. The molecule has 3 amide bonds. The molecule has 7 nitrogen and oxygen atoms in total. The molecule has 0 heterocycles. The second kappa shape index (κ2) is 9.58. The average Bonchev–Trinajstić information content (AvgIpc) is 2.57. The number of nitrogens with zero attached hydrogens (tertiary/aromatic N) is 1. The Morgan fingerprint density at radius 3 is 2.43 bits per heavy atom. The van der Waals surface area contributed by atoms with Gasteiger partial charge in [-0.15, -0.1) is 0 Å². The van der Waals surface area contributed by atoms with E-state index >= 15 is 0 Å². The number of nitrogens with one attached hydrogen (secondary N) is 2. The molecule has 0 aliphatic rings. The standard InChI is InChI=1S/C16H24N4O3/c1-3-9-20(15(22)11-18-14(21)10-17)12(2)16(23)19-13-7-5-4-6-8-13/h4-8,12H,3,9-11,17H2,1-2H3,(H,18,21)(H,19,23). The van der Waals surface area contributed by atoms with E-state index < -0.39 is 11.9 Å². The van der Waals surface area contributed by atoms with E-state index in [1.807, 2.05) is 25.1 Å². The monoisotopic (exact) mass is 320 g/mol. The first-order valence-electron chi connectivity index (χ1n) is 7.61. The number of amides is 3. The Morgan fingerprint density at radius 1 is 1.22 bits per heavy atom. The van der Waals surface area contributed by atoms with E-state index in [0.717, 1.165) is 0 Å². The van der Waals surface area contributed by atoms with Crippen molar-refractivity contribution in [2.24, 2.45) is 5.73 Å². The lowest BCUT2D eigenvalue weighted by molar-refractivity contribution is -0.138. The zero-order valence-electron chi connectivity index (χ0n) is 13.5. The van der Waals surface area contributed by atoms with E-state index in [0.29, 0.717) is 18.7 Å². The second-order valence-corrected chi connectivity index (χ2v) is 5.10. The summed E-state index contributed by atoms with van der Waals surface area (Å²) in [4.78, 5) is 37.2. The van der Waals surface area contributed by atoms with Crippen molar-refractivity contribution in [1.82, 2.24) is 10.2 Å². The summed E-state index contributed by atoms with van der Waals surface area (Å²) in [6, 6.07) is 8.40. The largest absolute Gasteiger partial charge is 0.346 e. The Labute approximate surface area is 136 Å². The molecule has 1 atom stereocenters. The molecule has 1 rings (SSSR count). The van der Waals surface area contributed by atoms with E-state index in [2.05, 4.69) is 10.6 Å². The number of hydrogen-bond acceptors (Lipinski definition) is 4. The van der Waals surface area contributed by atoms with Crippen molar-refractivity contribution in [3.63, 3.8) is 0 Å². The lowest BCUT2D eigenvalue weighted by Crippen LogP contribution is -2.50. The molecule has 0 radical (unpaired) electrons. The Hall–Kier alpha value is -2.41. The van der Waals surface area contributed by atoms with Gasteiger partial charge < -0.3 is 21.3 Å². The van der Waals surface area contributed by atoms with Crippen LogP contribution in [0.5, 0.6) is 0 Å². The van der Waals surface area contributed by atoms with Crippen molar-refractivity contribution in [1.29, 1.82) is 0 Å². The first-order chi connectivity index (χ1) is 11.0. The second-order valence-electron chi connectivity index (χ2n) is 5.10. The van der Waals surface area contributed by atoms with Crippen LogP contribution in [-0.4, -0.2) is 48.3 Å². The maximum absolute atomic E-state index is 12.3. The molecule has 0 bridgehead atoms. The smallest absolute Gasteiger partial charge is 0.246 e. The molecule has 23 heavy (non-hydrogen) atoms. The molecule has 0 saturated carbocycles. The van der Waals surface area contributed by atoms with E-state index in [4.69, 9.17) is 5.73 Å². The number of nitrogens with two attached hydrogens (primary N) is 1. The fraction of sp³-hybridized carbons (Fsp3) is 0.438. The molecular formula is C16H24N4O3. The summed E-state index contributed by atoms with van der Waals surface area (Å²) in [5.41, 5.74) is 5.86. The van der Waals surface area contributed by atoms with Crippen LogP contribution >= 0.6 is 0 Å². The van der Waals surface area contributed by atoms with Gasteiger partial charge in [-0.25, -0.2) is 0 Å². The molecule has 1 aromatic carbocycles. The predicted octanol–water partition coefficient (Wildman–Crippen LogP) is 0.327. The van der Waals surface area contributed by atoms with Crippen molar-refractivity contribution in [3.8, 4) is 0 Å². The molecule has 0 aliphatic heterocycles. The van der Waals surface area contributed by atoms with Gasteiger partial charge in [0.25, 0.3) is 0 Å². The van der Waals surface area contributed by atoms with Crippen molar-refractivity contribution in [3.05, 3.63) is 30.3 Å². The normalized spacial score (nSPS) is 11.4. The Kier molecular flexibility index (Phi) is 7.76. The van der Waals surface area contributed by atoms with Gasteiger partial charge in [0.15, 0.2) is 0 Å². The molecule has 1 aromatic rings. The van der Waals surface area contributed by atoms with E-state index in [1.54, 1.807) is 19.1 Å². The van der Waals surface area contributed by atoms with Gasteiger partial charge in [0.05, 0.1) is 13.1 Å². The molecule has 4 N–H and O–H groups in total. The van der Waals surface area contributed by atoms with Gasteiger partial charge in [0.2, 0.25) is 17.7 Å². The van der Waals surface area contributed by atoms with Crippen molar-refractivity contribution in [2.75, 3.05) is 25.0 Å². The molecular weight excluding hydrogens is 296 g/mol. The molecule has 0 aliphatic carbocycles. The van der Waals surface area contributed by atoms with Gasteiger partial charge in [-0.1, -0.05) is 25.1 Å². The molecule has 7 heteroatoms. The molecule has 0 fully saturated rings. The van der Waals surface area contributed by atoms with Crippen LogP contribution in [0.3, 0.4) is 0 Å². The number of para-hydroxylation sites is 1. The Morgan fingerprint density at radius 2 is 1.87 bits per heavy atom. The third kappa shape index (κ3) is 6.07. The highest BCUT2D eigenvalue weighted by Crippen LogP contribution is 2.09. The minimum atomic E-state index is -0.641. The average molecular weight is 320 g/mol. The van der Waals surface area contributed by atoms with E-state index in [-0.39, 0.29) is 24.9 Å². The van der Waals surface area contributed by atoms with Crippen LogP contribution in [-0.2, 0) is 14.4 Å². The molecule has 0 saturated heterocycles. The highest BCUT2D eigenvalue weighted by molar-refractivity contribution is 5.97. The minimum absolute atomic E-state index is 0.168. The Bertz CT molecular complexity index is 533. The molecule has 0 aromatic heterocycles. The summed E-state index contributed by atoms with van der Waals surface area (Å²) in [5.74, 6) is -0.997. The highest BCUT2D eigenvalue weighted by Gasteiger charge is 2.25. The van der Waals surface area contributed by atoms with Crippen LogP contribution in [0.2, 0.25) is 0 Å². The molecule has 1 unspecified atom stereocenters. The van der Waals surface area contributed by atoms with Gasteiger partial charge in [-0.2, -0.15) is 0 Å². The first-order valence-corrected chi connectivity index (χ1v) is 7.61. The fourth-order valence-corrected chi connectivity index (χ4v) is 2.03. The zero-order chi connectivity index (χ0) is 17.2. The van der Waals surface area contributed by atoms with Gasteiger partial charge in [0.1, 0.15) is 6.04 Å². The summed E-state index contributed by atoms with van der Waals surface area (Å²) in [6.45, 7) is 3.67. The van der Waals surface area contributed by atoms with Crippen molar-refractivity contribution < 1.29 is 14.4 Å². The van der Waals surface area contributed by atoms with Crippen LogP contribution in [0.4, 0.5) is 5.69 Å². The summed E-state index contributed by atoms with van der Waals surface area (Å²) >= 11 is 0. The summed E-state index contributed by atoms with van der Waals surface area (Å²) in [5, 5.41) is 5.20. The van der Waals surface area contributed by atoms with Gasteiger partial charge in [-0.05, 0) is 25.5 Å². The van der Waals surface area contributed by atoms with Gasteiger partial charge >= 0.3 is 0 Å². The van der Waals surface area contributed by atoms with Crippen LogP contribution < -0.4 is 16.4 Å². The first kappa shape index (κ1) is 18.6. The quantitative estimate of drug-likeness (QED) is 0.642. The number of carbonyl (C=O) groups excluding carboxylic acids is 3. The topological polar surface area (TPSA) is 105 Å². The molecule has 0 spiro atoms. The number of anilines is 1. The van der Waals surface area contributed by atoms with Gasteiger partial charge in [0, 0.05) is 12.2 Å². The van der Waals surface area contributed by atoms with Crippen LogP contribution in [0.15, 0.2) is 30.3 Å². The van der Waals surface area contributed by atoms with E-state index in [1.165, 1.54) is 4.90 Å². The summed E-state index contributed by atoms with van der Waals surface area (Å²) < 4.78 is 0.